The van der Waals surface area contributed by atoms with E-state index in [0.29, 0.717) is 0 Å². The van der Waals surface area contributed by atoms with E-state index in [9.17, 15) is 0 Å². The van der Waals surface area contributed by atoms with Crippen LogP contribution in [-0.2, 0) is 0 Å². The standard InChI is InChI=1S/C7H13N/c1-4-5-6-8-7(2)3/h5-6,8H,2,4H2,1,3H3/b6-5-. The van der Waals surface area contributed by atoms with Crippen LogP contribution in [0.5, 0.6) is 0 Å². The maximum absolute atomic E-state index is 3.66. The van der Waals surface area contributed by atoms with Crippen LogP contribution in [0.15, 0.2) is 24.6 Å². The molecule has 0 saturated carbocycles. The summed E-state index contributed by atoms with van der Waals surface area (Å²) >= 11 is 0. The van der Waals surface area contributed by atoms with Crippen LogP contribution in [0.25, 0.3) is 0 Å². The van der Waals surface area contributed by atoms with Gasteiger partial charge in [0.2, 0.25) is 0 Å². The highest BCUT2D eigenvalue weighted by molar-refractivity contribution is 4.92. The minimum atomic E-state index is 0.981. The minimum Gasteiger partial charge on any atom is -0.366 e. The molecule has 0 unspecified atom stereocenters. The Balaban J connectivity index is 3.16. The SMILES string of the molecule is C=C(C)N/C=C\CC. The quantitative estimate of drug-likeness (QED) is 0.587. The smallest absolute Gasteiger partial charge is 0.00419 e. The molecule has 0 spiro atoms. The number of rotatable bonds is 3. The van der Waals surface area contributed by atoms with E-state index in [1.54, 1.807) is 0 Å². The zero-order valence-electron chi connectivity index (χ0n) is 5.57. The third-order valence-electron chi connectivity index (χ3n) is 0.683. The number of hydrogen-bond acceptors (Lipinski definition) is 1. The lowest BCUT2D eigenvalue weighted by Crippen LogP contribution is -1.97. The Morgan fingerprint density at radius 3 is 2.75 bits per heavy atom. The van der Waals surface area contributed by atoms with Crippen LogP contribution >= 0.6 is 0 Å². The fraction of sp³-hybridized carbons (Fsp3) is 0.429. The molecule has 0 bridgehead atoms. The molecule has 8 heavy (non-hydrogen) atoms. The molecule has 0 aliphatic rings. The normalized spacial score (nSPS) is 9.75. The van der Waals surface area contributed by atoms with Gasteiger partial charge in [0.25, 0.3) is 0 Å². The van der Waals surface area contributed by atoms with Gasteiger partial charge in [-0.1, -0.05) is 19.6 Å². The van der Waals surface area contributed by atoms with Crippen molar-refractivity contribution in [2.45, 2.75) is 20.3 Å². The Kier molecular flexibility index (Phi) is 4.04. The van der Waals surface area contributed by atoms with E-state index in [4.69, 9.17) is 0 Å². The Bertz CT molecular complexity index is 92.6. The summed E-state index contributed by atoms with van der Waals surface area (Å²) in [6.45, 7) is 7.69. The molecule has 0 atom stereocenters. The van der Waals surface area contributed by atoms with Gasteiger partial charge in [-0.25, -0.2) is 0 Å². The summed E-state index contributed by atoms with van der Waals surface area (Å²) in [5, 5.41) is 2.97. The lowest BCUT2D eigenvalue weighted by atomic mass is 10.4. The maximum atomic E-state index is 3.66. The first-order chi connectivity index (χ1) is 3.77. The Hall–Kier alpha value is -0.720. The van der Waals surface area contributed by atoms with Crippen LogP contribution in [0.1, 0.15) is 20.3 Å². The fourth-order valence-electron chi connectivity index (χ4n) is 0.319. The molecule has 0 aromatic carbocycles. The molecule has 0 aliphatic heterocycles. The van der Waals surface area contributed by atoms with Gasteiger partial charge in [0, 0.05) is 5.70 Å². The topological polar surface area (TPSA) is 12.0 Å². The summed E-state index contributed by atoms with van der Waals surface area (Å²) < 4.78 is 0. The van der Waals surface area contributed by atoms with Crippen LogP contribution in [0.2, 0.25) is 0 Å². The molecule has 1 N–H and O–H groups in total. The number of nitrogens with one attached hydrogen (secondary N) is 1. The van der Waals surface area contributed by atoms with Crippen molar-refractivity contribution >= 4 is 0 Å². The largest absolute Gasteiger partial charge is 0.366 e. The first kappa shape index (κ1) is 7.28. The van der Waals surface area contributed by atoms with E-state index >= 15 is 0 Å². The number of hydrogen-bond donors (Lipinski definition) is 1. The lowest BCUT2D eigenvalue weighted by molar-refractivity contribution is 1.05. The third kappa shape index (κ3) is 5.28. The highest BCUT2D eigenvalue weighted by Crippen LogP contribution is 1.80. The first-order valence-corrected chi connectivity index (χ1v) is 2.84. The van der Waals surface area contributed by atoms with Gasteiger partial charge in [0.05, 0.1) is 0 Å². The van der Waals surface area contributed by atoms with E-state index in [2.05, 4.69) is 24.9 Å². The average Bonchev–Trinajstić information content (AvgIpc) is 1.66. The summed E-state index contributed by atoms with van der Waals surface area (Å²) in [5.41, 5.74) is 0.981. The maximum Gasteiger partial charge on any atom is 0.00419 e. The van der Waals surface area contributed by atoms with Gasteiger partial charge in [-0.05, 0) is 19.5 Å². The molecule has 0 fully saturated rings. The van der Waals surface area contributed by atoms with Crippen LogP contribution < -0.4 is 5.32 Å². The zero-order valence-corrected chi connectivity index (χ0v) is 5.57. The average molecular weight is 111 g/mol. The molecule has 0 amide bonds. The van der Waals surface area contributed by atoms with Crippen molar-refractivity contribution in [3.05, 3.63) is 24.6 Å². The van der Waals surface area contributed by atoms with Crippen molar-refractivity contribution in [2.24, 2.45) is 0 Å². The summed E-state index contributed by atoms with van der Waals surface area (Å²) in [6, 6.07) is 0. The molecule has 1 heteroatoms. The Labute approximate surface area is 51.1 Å². The van der Waals surface area contributed by atoms with Gasteiger partial charge in [-0.15, -0.1) is 0 Å². The van der Waals surface area contributed by atoms with Gasteiger partial charge in [-0.2, -0.15) is 0 Å². The summed E-state index contributed by atoms with van der Waals surface area (Å²) in [5.74, 6) is 0. The van der Waals surface area contributed by atoms with Gasteiger partial charge < -0.3 is 5.32 Å². The minimum absolute atomic E-state index is 0.981. The summed E-state index contributed by atoms with van der Waals surface area (Å²) in [6.07, 6.45) is 5.03. The molecule has 0 radical (unpaired) electrons. The molecule has 46 valence electrons. The van der Waals surface area contributed by atoms with E-state index in [1.165, 1.54) is 0 Å². The Morgan fingerprint density at radius 2 is 2.38 bits per heavy atom. The molecular formula is C7H13N. The molecule has 0 aromatic rings. The number of allylic oxidation sites excluding steroid dienone is 2. The van der Waals surface area contributed by atoms with Gasteiger partial charge in [0.1, 0.15) is 0 Å². The molecule has 0 aromatic heterocycles. The van der Waals surface area contributed by atoms with Crippen molar-refractivity contribution < 1.29 is 0 Å². The van der Waals surface area contributed by atoms with Crippen LogP contribution in [-0.4, -0.2) is 0 Å². The molecule has 0 heterocycles. The van der Waals surface area contributed by atoms with E-state index in [-0.39, 0.29) is 0 Å². The Morgan fingerprint density at radius 1 is 1.75 bits per heavy atom. The first-order valence-electron chi connectivity index (χ1n) is 2.84. The van der Waals surface area contributed by atoms with Crippen molar-refractivity contribution in [2.75, 3.05) is 0 Å². The van der Waals surface area contributed by atoms with E-state index in [1.807, 2.05) is 13.1 Å². The van der Waals surface area contributed by atoms with Crippen LogP contribution in [0.3, 0.4) is 0 Å². The van der Waals surface area contributed by atoms with Crippen LogP contribution in [0, 0.1) is 0 Å². The fourth-order valence-corrected chi connectivity index (χ4v) is 0.319. The van der Waals surface area contributed by atoms with E-state index in [0.717, 1.165) is 12.1 Å². The molecule has 1 nitrogen and oxygen atoms in total. The lowest BCUT2D eigenvalue weighted by Gasteiger charge is -1.93. The van der Waals surface area contributed by atoms with Crippen molar-refractivity contribution in [1.29, 1.82) is 0 Å². The summed E-state index contributed by atoms with van der Waals surface area (Å²) in [7, 11) is 0. The second kappa shape index (κ2) is 4.44. The summed E-state index contributed by atoms with van der Waals surface area (Å²) in [4.78, 5) is 0. The molecule has 0 rings (SSSR count). The van der Waals surface area contributed by atoms with Crippen molar-refractivity contribution in [3.8, 4) is 0 Å². The molecular weight excluding hydrogens is 98.1 g/mol. The predicted molar refractivity (Wildman–Crippen MR) is 37.4 cm³/mol. The molecule has 0 saturated heterocycles. The van der Waals surface area contributed by atoms with Crippen molar-refractivity contribution in [3.63, 3.8) is 0 Å². The van der Waals surface area contributed by atoms with E-state index < -0.39 is 0 Å². The monoisotopic (exact) mass is 111 g/mol. The van der Waals surface area contributed by atoms with Gasteiger partial charge in [0.15, 0.2) is 0 Å². The predicted octanol–water partition coefficient (Wildman–Crippen LogP) is 2.03. The second-order valence-corrected chi connectivity index (χ2v) is 1.74. The zero-order chi connectivity index (χ0) is 6.41. The highest BCUT2D eigenvalue weighted by Gasteiger charge is 1.70. The molecule has 0 aliphatic carbocycles. The highest BCUT2D eigenvalue weighted by atomic mass is 14.8. The second-order valence-electron chi connectivity index (χ2n) is 1.74. The van der Waals surface area contributed by atoms with Gasteiger partial charge >= 0.3 is 0 Å². The van der Waals surface area contributed by atoms with Gasteiger partial charge in [-0.3, -0.25) is 0 Å². The van der Waals surface area contributed by atoms with Crippen LogP contribution in [0.4, 0.5) is 0 Å². The third-order valence-corrected chi connectivity index (χ3v) is 0.683. The van der Waals surface area contributed by atoms with Crippen molar-refractivity contribution in [1.82, 2.24) is 5.32 Å².